The van der Waals surface area contributed by atoms with Gasteiger partial charge in [-0.25, -0.2) is 0 Å². The number of hydrogen-bond acceptors (Lipinski definition) is 2. The third kappa shape index (κ3) is 1.82. The number of benzene rings is 1. The second kappa shape index (κ2) is 3.78. The van der Waals surface area contributed by atoms with Gasteiger partial charge in [0.15, 0.2) is 0 Å². The zero-order valence-electron chi connectivity index (χ0n) is 9.19. The Morgan fingerprint density at radius 1 is 1.47 bits per heavy atom. The van der Waals surface area contributed by atoms with Crippen LogP contribution in [0.5, 0.6) is 0 Å². The van der Waals surface area contributed by atoms with Crippen molar-refractivity contribution in [2.24, 2.45) is 0 Å². The van der Waals surface area contributed by atoms with Gasteiger partial charge in [-0.2, -0.15) is 0 Å². The molecule has 2 nitrogen and oxygen atoms in total. The molecule has 0 spiro atoms. The molecule has 1 aliphatic heterocycles. The summed E-state index contributed by atoms with van der Waals surface area (Å²) in [5, 5.41) is 0. The van der Waals surface area contributed by atoms with Crippen LogP contribution in [-0.4, -0.2) is 12.4 Å². The van der Waals surface area contributed by atoms with Gasteiger partial charge in [0.1, 0.15) is 12.4 Å². The van der Waals surface area contributed by atoms with Gasteiger partial charge < -0.3 is 9.53 Å². The summed E-state index contributed by atoms with van der Waals surface area (Å²) in [6.45, 7) is 4.15. The lowest BCUT2D eigenvalue weighted by Crippen LogP contribution is -2.23. The van der Waals surface area contributed by atoms with Crippen LogP contribution in [0.2, 0.25) is 0 Å². The molecule has 0 aliphatic carbocycles. The van der Waals surface area contributed by atoms with E-state index in [0.29, 0.717) is 0 Å². The maximum atomic E-state index is 10.7. The van der Waals surface area contributed by atoms with Crippen LogP contribution in [0, 0.1) is 6.92 Å². The highest BCUT2D eigenvalue weighted by molar-refractivity contribution is 5.57. The summed E-state index contributed by atoms with van der Waals surface area (Å²) in [5.41, 5.74) is 2.15. The molecule has 0 amide bonds. The SMILES string of the molecule is Cc1ccccc1C1(C)CCC(C=O)O1. The number of aryl methyl sites for hydroxylation is 1. The molecule has 1 aromatic rings. The number of hydrogen-bond donors (Lipinski definition) is 0. The highest BCUT2D eigenvalue weighted by Gasteiger charge is 2.37. The monoisotopic (exact) mass is 204 g/mol. The fourth-order valence-corrected chi connectivity index (χ4v) is 2.33. The van der Waals surface area contributed by atoms with Gasteiger partial charge in [-0.05, 0) is 37.8 Å². The summed E-state index contributed by atoms with van der Waals surface area (Å²) >= 11 is 0. The molecule has 0 aromatic heterocycles. The maximum Gasteiger partial charge on any atom is 0.148 e. The maximum absolute atomic E-state index is 10.7. The van der Waals surface area contributed by atoms with E-state index in [9.17, 15) is 4.79 Å². The number of aldehydes is 1. The number of ether oxygens (including phenoxy) is 1. The van der Waals surface area contributed by atoms with Gasteiger partial charge in [0.05, 0.1) is 5.60 Å². The first-order valence-corrected chi connectivity index (χ1v) is 5.35. The number of carbonyl (C=O) groups excluding carboxylic acids is 1. The van der Waals surface area contributed by atoms with E-state index < -0.39 is 0 Å². The van der Waals surface area contributed by atoms with Gasteiger partial charge in [0.25, 0.3) is 0 Å². The van der Waals surface area contributed by atoms with Crippen LogP contribution in [0.3, 0.4) is 0 Å². The van der Waals surface area contributed by atoms with E-state index in [1.807, 2.05) is 12.1 Å². The van der Waals surface area contributed by atoms with Crippen molar-refractivity contribution in [2.75, 3.05) is 0 Å². The van der Waals surface area contributed by atoms with Crippen LogP contribution in [0.4, 0.5) is 0 Å². The highest BCUT2D eigenvalue weighted by atomic mass is 16.5. The first-order valence-electron chi connectivity index (χ1n) is 5.35. The quantitative estimate of drug-likeness (QED) is 0.692. The summed E-state index contributed by atoms with van der Waals surface area (Å²) in [6.07, 6.45) is 2.42. The molecule has 0 bridgehead atoms. The summed E-state index contributed by atoms with van der Waals surface area (Å²) < 4.78 is 5.80. The van der Waals surface area contributed by atoms with E-state index in [1.54, 1.807) is 0 Å². The Balaban J connectivity index is 2.31. The first-order chi connectivity index (χ1) is 7.15. The average molecular weight is 204 g/mol. The van der Waals surface area contributed by atoms with Crippen molar-refractivity contribution in [2.45, 2.75) is 38.4 Å². The van der Waals surface area contributed by atoms with Crippen molar-refractivity contribution >= 4 is 6.29 Å². The van der Waals surface area contributed by atoms with Gasteiger partial charge in [-0.15, -0.1) is 0 Å². The van der Waals surface area contributed by atoms with E-state index in [-0.39, 0.29) is 11.7 Å². The molecule has 80 valence electrons. The molecule has 1 aliphatic rings. The third-order valence-corrected chi connectivity index (χ3v) is 3.18. The Labute approximate surface area is 90.3 Å². The fourth-order valence-electron chi connectivity index (χ4n) is 2.33. The van der Waals surface area contributed by atoms with Crippen LogP contribution < -0.4 is 0 Å². The van der Waals surface area contributed by atoms with Crippen LogP contribution in [-0.2, 0) is 15.1 Å². The van der Waals surface area contributed by atoms with Crippen LogP contribution in [0.1, 0.15) is 30.9 Å². The third-order valence-electron chi connectivity index (χ3n) is 3.18. The Kier molecular flexibility index (Phi) is 2.61. The fraction of sp³-hybridized carbons (Fsp3) is 0.462. The molecule has 2 atom stereocenters. The van der Waals surface area contributed by atoms with Crippen molar-refractivity contribution in [1.82, 2.24) is 0 Å². The predicted molar refractivity (Wildman–Crippen MR) is 58.7 cm³/mol. The zero-order chi connectivity index (χ0) is 10.9. The molecule has 0 radical (unpaired) electrons. The zero-order valence-corrected chi connectivity index (χ0v) is 9.19. The Hall–Kier alpha value is -1.15. The van der Waals surface area contributed by atoms with Gasteiger partial charge in [0, 0.05) is 0 Å². The molecular formula is C13H16O2. The Bertz CT molecular complexity index is 373. The normalized spacial score (nSPS) is 30.4. The minimum Gasteiger partial charge on any atom is -0.360 e. The van der Waals surface area contributed by atoms with E-state index in [2.05, 4.69) is 26.0 Å². The molecule has 15 heavy (non-hydrogen) atoms. The van der Waals surface area contributed by atoms with Crippen molar-refractivity contribution in [3.8, 4) is 0 Å². The van der Waals surface area contributed by atoms with Gasteiger partial charge in [-0.3, -0.25) is 0 Å². The predicted octanol–water partition coefficient (Wildman–Crippen LogP) is 2.59. The Morgan fingerprint density at radius 3 is 2.80 bits per heavy atom. The van der Waals surface area contributed by atoms with Crippen LogP contribution in [0.25, 0.3) is 0 Å². The molecule has 0 saturated carbocycles. The molecule has 1 aromatic carbocycles. The number of rotatable bonds is 2. The summed E-state index contributed by atoms with van der Waals surface area (Å²) in [6, 6.07) is 8.21. The highest BCUT2D eigenvalue weighted by Crippen LogP contribution is 2.39. The lowest BCUT2D eigenvalue weighted by Gasteiger charge is -2.26. The lowest BCUT2D eigenvalue weighted by atomic mass is 9.89. The van der Waals surface area contributed by atoms with E-state index >= 15 is 0 Å². The topological polar surface area (TPSA) is 26.3 Å². The summed E-state index contributed by atoms with van der Waals surface area (Å²) in [7, 11) is 0. The van der Waals surface area contributed by atoms with E-state index in [4.69, 9.17) is 4.74 Å². The minimum atomic E-state index is -0.281. The van der Waals surface area contributed by atoms with E-state index in [0.717, 1.165) is 19.1 Å². The standard InChI is InChI=1S/C13H16O2/c1-10-5-3-4-6-12(10)13(2)8-7-11(9-14)15-13/h3-6,9,11H,7-8H2,1-2H3. The van der Waals surface area contributed by atoms with Crippen molar-refractivity contribution in [1.29, 1.82) is 0 Å². The van der Waals surface area contributed by atoms with Gasteiger partial charge in [-0.1, -0.05) is 24.3 Å². The Morgan fingerprint density at radius 2 is 2.20 bits per heavy atom. The summed E-state index contributed by atoms with van der Waals surface area (Å²) in [4.78, 5) is 10.7. The number of carbonyl (C=O) groups is 1. The largest absolute Gasteiger partial charge is 0.360 e. The van der Waals surface area contributed by atoms with Crippen molar-refractivity contribution in [3.05, 3.63) is 35.4 Å². The van der Waals surface area contributed by atoms with Crippen LogP contribution in [0.15, 0.2) is 24.3 Å². The molecule has 1 saturated heterocycles. The molecule has 2 heteroatoms. The lowest BCUT2D eigenvalue weighted by molar-refractivity contribution is -0.122. The minimum absolute atomic E-state index is 0.227. The molecule has 0 N–H and O–H groups in total. The van der Waals surface area contributed by atoms with Crippen molar-refractivity contribution in [3.63, 3.8) is 0 Å². The smallest absolute Gasteiger partial charge is 0.148 e. The second-order valence-corrected chi connectivity index (χ2v) is 4.38. The van der Waals surface area contributed by atoms with Gasteiger partial charge >= 0.3 is 0 Å². The average Bonchev–Trinajstić information content (AvgIpc) is 2.62. The molecule has 1 heterocycles. The second-order valence-electron chi connectivity index (χ2n) is 4.38. The molecule has 1 fully saturated rings. The molecule has 2 rings (SSSR count). The molecular weight excluding hydrogens is 188 g/mol. The van der Waals surface area contributed by atoms with Crippen molar-refractivity contribution < 1.29 is 9.53 Å². The van der Waals surface area contributed by atoms with Crippen LogP contribution >= 0.6 is 0 Å². The summed E-state index contributed by atoms with van der Waals surface area (Å²) in [5.74, 6) is 0. The van der Waals surface area contributed by atoms with E-state index in [1.165, 1.54) is 11.1 Å². The first kappa shape index (κ1) is 10.4. The molecule has 2 unspecified atom stereocenters. The van der Waals surface area contributed by atoms with Gasteiger partial charge in [0.2, 0.25) is 0 Å².